The van der Waals surface area contributed by atoms with E-state index in [1.54, 1.807) is 0 Å². The molecule has 1 fully saturated rings. The van der Waals surface area contributed by atoms with Crippen LogP contribution in [0.25, 0.3) is 10.9 Å². The molecule has 1 unspecified atom stereocenters. The van der Waals surface area contributed by atoms with Gasteiger partial charge in [0.15, 0.2) is 0 Å². The Balaban J connectivity index is 1.40. The highest BCUT2D eigenvalue weighted by molar-refractivity contribution is 5.95. The summed E-state index contributed by atoms with van der Waals surface area (Å²) in [5.74, 6) is 0.758. The molecule has 4 nitrogen and oxygen atoms in total. The number of nitrogens with zero attached hydrogens (tertiary/aromatic N) is 1. The summed E-state index contributed by atoms with van der Waals surface area (Å²) in [6, 6.07) is 16.3. The fourth-order valence-corrected chi connectivity index (χ4v) is 3.84. The van der Waals surface area contributed by atoms with Crippen molar-refractivity contribution >= 4 is 28.2 Å². The monoisotopic (exact) mass is 347 g/mol. The van der Waals surface area contributed by atoms with Crippen LogP contribution in [0.5, 0.6) is 0 Å². The van der Waals surface area contributed by atoms with Crippen LogP contribution in [0.4, 0.5) is 11.4 Å². The molecule has 0 radical (unpaired) electrons. The molecule has 0 spiro atoms. The molecular weight excluding hydrogens is 322 g/mol. The zero-order valence-electron chi connectivity index (χ0n) is 15.2. The van der Waals surface area contributed by atoms with Crippen molar-refractivity contribution < 1.29 is 4.79 Å². The van der Waals surface area contributed by atoms with Crippen molar-refractivity contribution in [3.8, 4) is 0 Å². The van der Waals surface area contributed by atoms with Gasteiger partial charge in [-0.3, -0.25) is 4.79 Å². The molecule has 3 aromatic rings. The van der Waals surface area contributed by atoms with Gasteiger partial charge < -0.3 is 15.2 Å². The molecule has 1 atom stereocenters. The molecule has 0 bridgehead atoms. The van der Waals surface area contributed by atoms with Crippen molar-refractivity contribution in [1.29, 1.82) is 0 Å². The van der Waals surface area contributed by atoms with Crippen LogP contribution in [0.1, 0.15) is 25.3 Å². The van der Waals surface area contributed by atoms with Crippen molar-refractivity contribution in [2.24, 2.45) is 5.92 Å². The number of hydrogen-bond acceptors (Lipinski definition) is 2. The van der Waals surface area contributed by atoms with Gasteiger partial charge in [0, 0.05) is 41.6 Å². The maximum atomic E-state index is 12.4. The Morgan fingerprint density at radius 3 is 2.81 bits per heavy atom. The van der Waals surface area contributed by atoms with E-state index in [-0.39, 0.29) is 5.91 Å². The Morgan fingerprint density at radius 2 is 2.00 bits per heavy atom. The topological polar surface area (TPSA) is 48.1 Å². The number of piperidine rings is 1. The number of nitrogens with one attached hydrogen (secondary N) is 2. The van der Waals surface area contributed by atoms with E-state index in [0.29, 0.717) is 6.42 Å². The molecule has 4 rings (SSSR count). The first kappa shape index (κ1) is 16.7. The summed E-state index contributed by atoms with van der Waals surface area (Å²) in [6.45, 7) is 4.55. The van der Waals surface area contributed by atoms with Gasteiger partial charge in [-0.05, 0) is 54.7 Å². The minimum Gasteiger partial charge on any atom is -0.371 e. The number of benzene rings is 2. The summed E-state index contributed by atoms with van der Waals surface area (Å²) >= 11 is 0. The van der Waals surface area contributed by atoms with Gasteiger partial charge in [-0.1, -0.05) is 25.1 Å². The first-order valence-corrected chi connectivity index (χ1v) is 9.39. The number of H-pyrrole nitrogens is 1. The van der Waals surface area contributed by atoms with E-state index in [1.165, 1.54) is 18.5 Å². The Hall–Kier alpha value is -2.75. The van der Waals surface area contributed by atoms with Gasteiger partial charge >= 0.3 is 0 Å². The number of carbonyl (C=O) groups excluding carboxylic acids is 1. The molecule has 1 saturated heterocycles. The third-order valence-electron chi connectivity index (χ3n) is 5.20. The molecule has 4 heteroatoms. The molecule has 1 aliphatic rings. The van der Waals surface area contributed by atoms with E-state index in [9.17, 15) is 4.79 Å². The molecule has 1 aliphatic heterocycles. The van der Waals surface area contributed by atoms with Crippen LogP contribution in [0.3, 0.4) is 0 Å². The quantitative estimate of drug-likeness (QED) is 0.725. The molecule has 134 valence electrons. The SMILES string of the molecule is CC1CCCN(c2ccc(NC(=O)Cc3c[nH]c4ccccc34)cc2)C1. The molecule has 1 aromatic heterocycles. The molecule has 2 aromatic carbocycles. The third kappa shape index (κ3) is 3.59. The van der Waals surface area contributed by atoms with E-state index in [0.717, 1.165) is 41.2 Å². The maximum Gasteiger partial charge on any atom is 0.228 e. The molecule has 0 aliphatic carbocycles. The molecular formula is C22H25N3O. The average Bonchev–Trinajstić information content (AvgIpc) is 3.05. The van der Waals surface area contributed by atoms with Crippen molar-refractivity contribution in [2.75, 3.05) is 23.3 Å². The number of fused-ring (bicyclic) bond motifs is 1. The van der Waals surface area contributed by atoms with Crippen LogP contribution in [-0.4, -0.2) is 24.0 Å². The fraction of sp³-hybridized carbons (Fsp3) is 0.318. The normalized spacial score (nSPS) is 17.4. The lowest BCUT2D eigenvalue weighted by Crippen LogP contribution is -2.34. The van der Waals surface area contributed by atoms with Crippen molar-refractivity contribution in [2.45, 2.75) is 26.2 Å². The Bertz CT molecular complexity index is 897. The number of aromatic amines is 1. The third-order valence-corrected chi connectivity index (χ3v) is 5.20. The lowest BCUT2D eigenvalue weighted by molar-refractivity contribution is -0.115. The average molecular weight is 347 g/mol. The van der Waals surface area contributed by atoms with Crippen LogP contribution >= 0.6 is 0 Å². The van der Waals surface area contributed by atoms with Crippen LogP contribution in [-0.2, 0) is 11.2 Å². The van der Waals surface area contributed by atoms with E-state index in [1.807, 2.05) is 42.6 Å². The lowest BCUT2D eigenvalue weighted by atomic mass is 10.00. The fourth-order valence-electron chi connectivity index (χ4n) is 3.84. The van der Waals surface area contributed by atoms with Gasteiger partial charge in [0.25, 0.3) is 0 Å². The number of anilines is 2. The van der Waals surface area contributed by atoms with E-state index in [2.05, 4.69) is 34.3 Å². The highest BCUT2D eigenvalue weighted by Crippen LogP contribution is 2.24. The van der Waals surface area contributed by atoms with Gasteiger partial charge in [0.05, 0.1) is 6.42 Å². The number of hydrogen-bond donors (Lipinski definition) is 2. The summed E-state index contributed by atoms with van der Waals surface area (Å²) in [7, 11) is 0. The second-order valence-corrected chi connectivity index (χ2v) is 7.32. The van der Waals surface area contributed by atoms with Gasteiger partial charge in [-0.25, -0.2) is 0 Å². The van der Waals surface area contributed by atoms with Crippen LogP contribution in [0, 0.1) is 5.92 Å². The number of rotatable bonds is 4. The van der Waals surface area contributed by atoms with Gasteiger partial charge in [0.1, 0.15) is 0 Å². The number of carbonyl (C=O) groups is 1. The summed E-state index contributed by atoms with van der Waals surface area (Å²) in [5, 5.41) is 4.12. The van der Waals surface area contributed by atoms with E-state index < -0.39 is 0 Å². The standard InChI is InChI=1S/C22H25N3O/c1-16-5-4-12-25(15-16)19-10-8-18(9-11-19)24-22(26)13-17-14-23-21-7-3-2-6-20(17)21/h2-3,6-11,14,16,23H,4-5,12-13,15H2,1H3,(H,24,26). The first-order chi connectivity index (χ1) is 12.7. The van der Waals surface area contributed by atoms with Gasteiger partial charge in [0.2, 0.25) is 5.91 Å². The van der Waals surface area contributed by atoms with Crippen molar-refractivity contribution in [3.63, 3.8) is 0 Å². The zero-order valence-corrected chi connectivity index (χ0v) is 15.2. The number of amides is 1. The van der Waals surface area contributed by atoms with Crippen molar-refractivity contribution in [3.05, 3.63) is 60.3 Å². The molecule has 2 N–H and O–H groups in total. The lowest BCUT2D eigenvalue weighted by Gasteiger charge is -2.32. The van der Waals surface area contributed by atoms with Crippen LogP contribution in [0.15, 0.2) is 54.7 Å². The number of aromatic nitrogens is 1. The predicted molar refractivity (Wildman–Crippen MR) is 108 cm³/mol. The minimum absolute atomic E-state index is 0.00842. The van der Waals surface area contributed by atoms with Gasteiger partial charge in [-0.2, -0.15) is 0 Å². The largest absolute Gasteiger partial charge is 0.371 e. The Morgan fingerprint density at radius 1 is 1.19 bits per heavy atom. The van der Waals surface area contributed by atoms with Crippen LogP contribution < -0.4 is 10.2 Å². The van der Waals surface area contributed by atoms with E-state index >= 15 is 0 Å². The molecule has 26 heavy (non-hydrogen) atoms. The predicted octanol–water partition coefficient (Wildman–Crippen LogP) is 4.59. The first-order valence-electron chi connectivity index (χ1n) is 9.39. The summed E-state index contributed by atoms with van der Waals surface area (Å²) in [4.78, 5) is 18.1. The second kappa shape index (κ2) is 7.24. The van der Waals surface area contributed by atoms with Crippen LogP contribution in [0.2, 0.25) is 0 Å². The smallest absolute Gasteiger partial charge is 0.228 e. The minimum atomic E-state index is 0.00842. The summed E-state index contributed by atoms with van der Waals surface area (Å²) < 4.78 is 0. The highest BCUT2D eigenvalue weighted by Gasteiger charge is 2.16. The maximum absolute atomic E-state index is 12.4. The second-order valence-electron chi connectivity index (χ2n) is 7.32. The molecule has 0 saturated carbocycles. The summed E-state index contributed by atoms with van der Waals surface area (Å²) in [6.07, 6.45) is 4.86. The molecule has 2 heterocycles. The van der Waals surface area contributed by atoms with Gasteiger partial charge in [-0.15, -0.1) is 0 Å². The summed E-state index contributed by atoms with van der Waals surface area (Å²) in [5.41, 5.74) is 4.18. The highest BCUT2D eigenvalue weighted by atomic mass is 16.1. The van der Waals surface area contributed by atoms with Crippen molar-refractivity contribution in [1.82, 2.24) is 4.98 Å². The number of para-hydroxylation sites is 1. The zero-order chi connectivity index (χ0) is 17.9. The Kier molecular flexibility index (Phi) is 4.65. The van der Waals surface area contributed by atoms with E-state index in [4.69, 9.17) is 0 Å². The molecule has 1 amide bonds. The Labute approximate surface area is 154 Å².